The molecule has 1 amide bonds. The molecule has 0 atom stereocenters. The largest absolute Gasteiger partial charge is 0.478 e. The molecule has 198 valence electrons. The molecule has 1 aliphatic rings. The van der Waals surface area contributed by atoms with Gasteiger partial charge in [-0.2, -0.15) is 13.2 Å². The summed E-state index contributed by atoms with van der Waals surface area (Å²) in [5.74, 6) is -3.08. The average Bonchev–Trinajstić information content (AvgIpc) is 2.86. The van der Waals surface area contributed by atoms with E-state index < -0.39 is 35.3 Å². The third-order valence-corrected chi connectivity index (χ3v) is 5.87. The molecule has 1 aromatic heterocycles. The van der Waals surface area contributed by atoms with Gasteiger partial charge < -0.3 is 20.4 Å². The number of aliphatic carboxylic acids is 2. The number of carboxylic acids is 2. The van der Waals surface area contributed by atoms with Gasteiger partial charge in [0, 0.05) is 49.9 Å². The van der Waals surface area contributed by atoms with Gasteiger partial charge in [0.1, 0.15) is 11.5 Å². The van der Waals surface area contributed by atoms with Crippen LogP contribution in [-0.2, 0) is 15.8 Å². The summed E-state index contributed by atoms with van der Waals surface area (Å²) >= 11 is 0. The van der Waals surface area contributed by atoms with Gasteiger partial charge in [0.15, 0.2) is 0 Å². The first-order valence-electron chi connectivity index (χ1n) is 11.6. The van der Waals surface area contributed by atoms with Crippen molar-refractivity contribution >= 4 is 29.2 Å². The van der Waals surface area contributed by atoms with E-state index in [0.717, 1.165) is 19.0 Å². The SMILES string of the molecule is O=C(O)C=C(C(=O)O)c1ccccc1C(=O)NCCCCN1CCN(c2cccc(C(F)(F)F)n2)CC1. The highest BCUT2D eigenvalue weighted by Crippen LogP contribution is 2.29. The fourth-order valence-corrected chi connectivity index (χ4v) is 4.01. The van der Waals surface area contributed by atoms with Crippen LogP contribution in [0.4, 0.5) is 19.0 Å². The molecule has 2 aromatic rings. The number of carbonyl (C=O) groups is 3. The summed E-state index contributed by atoms with van der Waals surface area (Å²) in [6, 6.07) is 9.78. The lowest BCUT2D eigenvalue weighted by atomic mass is 9.98. The van der Waals surface area contributed by atoms with E-state index in [-0.39, 0.29) is 11.1 Å². The summed E-state index contributed by atoms with van der Waals surface area (Å²) in [7, 11) is 0. The van der Waals surface area contributed by atoms with Crippen molar-refractivity contribution in [2.75, 3.05) is 44.2 Å². The van der Waals surface area contributed by atoms with Crippen LogP contribution in [0.3, 0.4) is 0 Å². The molecule has 37 heavy (non-hydrogen) atoms. The molecule has 1 saturated heterocycles. The molecular formula is C25H27F3N4O5. The first kappa shape index (κ1) is 27.7. The number of benzene rings is 1. The van der Waals surface area contributed by atoms with Crippen LogP contribution < -0.4 is 10.2 Å². The van der Waals surface area contributed by atoms with Crippen LogP contribution in [0.25, 0.3) is 5.57 Å². The lowest BCUT2D eigenvalue weighted by Crippen LogP contribution is -2.47. The number of nitrogens with zero attached hydrogens (tertiary/aromatic N) is 3. The monoisotopic (exact) mass is 520 g/mol. The Kier molecular flexibility index (Phi) is 9.23. The molecule has 0 bridgehead atoms. The minimum atomic E-state index is -4.48. The summed E-state index contributed by atoms with van der Waals surface area (Å²) in [4.78, 5) is 42.9. The number of nitrogens with one attached hydrogen (secondary N) is 1. The lowest BCUT2D eigenvalue weighted by molar-refractivity contribution is -0.141. The van der Waals surface area contributed by atoms with Crippen molar-refractivity contribution < 1.29 is 37.8 Å². The van der Waals surface area contributed by atoms with Crippen LogP contribution in [0.5, 0.6) is 0 Å². The fourth-order valence-electron chi connectivity index (χ4n) is 4.01. The molecule has 12 heteroatoms. The highest BCUT2D eigenvalue weighted by molar-refractivity contribution is 6.21. The van der Waals surface area contributed by atoms with E-state index in [1.54, 1.807) is 12.1 Å². The van der Waals surface area contributed by atoms with Crippen molar-refractivity contribution in [3.8, 4) is 0 Å². The molecule has 3 rings (SSSR count). The van der Waals surface area contributed by atoms with Gasteiger partial charge in [0.05, 0.1) is 5.57 Å². The van der Waals surface area contributed by atoms with Crippen LogP contribution in [0.1, 0.15) is 34.5 Å². The minimum absolute atomic E-state index is 0.0167. The topological polar surface area (TPSA) is 123 Å². The molecule has 3 N–H and O–H groups in total. The number of carbonyl (C=O) groups excluding carboxylic acids is 1. The molecule has 0 saturated carbocycles. The highest BCUT2D eigenvalue weighted by atomic mass is 19.4. The number of hydrogen-bond donors (Lipinski definition) is 3. The van der Waals surface area contributed by atoms with E-state index >= 15 is 0 Å². The van der Waals surface area contributed by atoms with Crippen LogP contribution in [0, 0.1) is 0 Å². The summed E-state index contributed by atoms with van der Waals surface area (Å²) in [6.45, 7) is 3.54. The van der Waals surface area contributed by atoms with Gasteiger partial charge in [-0.05, 0) is 37.6 Å². The molecule has 0 unspecified atom stereocenters. The number of amides is 1. The third kappa shape index (κ3) is 7.78. The average molecular weight is 521 g/mol. The number of anilines is 1. The molecule has 0 aliphatic carbocycles. The zero-order valence-corrected chi connectivity index (χ0v) is 19.9. The van der Waals surface area contributed by atoms with Gasteiger partial charge in [0.2, 0.25) is 0 Å². The van der Waals surface area contributed by atoms with Crippen molar-refractivity contribution in [2.45, 2.75) is 19.0 Å². The Morgan fingerprint density at radius 3 is 2.24 bits per heavy atom. The normalized spacial score (nSPS) is 14.9. The summed E-state index contributed by atoms with van der Waals surface area (Å²) in [6.07, 6.45) is -2.51. The van der Waals surface area contributed by atoms with Crippen LogP contribution >= 0.6 is 0 Å². The van der Waals surface area contributed by atoms with Gasteiger partial charge in [-0.15, -0.1) is 0 Å². The van der Waals surface area contributed by atoms with Crippen molar-refractivity contribution in [2.24, 2.45) is 0 Å². The Morgan fingerprint density at radius 1 is 0.946 bits per heavy atom. The number of unbranched alkanes of at least 4 members (excludes halogenated alkanes) is 1. The standard InChI is InChI=1S/C25H27F3N4O5/c26-25(27,28)20-8-5-9-21(30-20)32-14-12-31(13-15-32)11-4-3-10-29-23(35)18-7-2-1-6-17(18)19(24(36)37)16-22(33)34/h1-2,5-9,16H,3-4,10-15H2,(H,29,35)(H,33,34)(H,36,37). The molecule has 0 radical (unpaired) electrons. The zero-order chi connectivity index (χ0) is 27.0. The summed E-state index contributed by atoms with van der Waals surface area (Å²) < 4.78 is 38.7. The molecule has 1 aliphatic heterocycles. The van der Waals surface area contributed by atoms with Gasteiger partial charge in [-0.25, -0.2) is 14.6 Å². The lowest BCUT2D eigenvalue weighted by Gasteiger charge is -2.35. The number of alkyl halides is 3. The van der Waals surface area contributed by atoms with E-state index in [4.69, 9.17) is 5.11 Å². The predicted molar refractivity (Wildman–Crippen MR) is 129 cm³/mol. The van der Waals surface area contributed by atoms with Gasteiger partial charge in [-0.1, -0.05) is 24.3 Å². The van der Waals surface area contributed by atoms with Gasteiger partial charge in [-0.3, -0.25) is 9.69 Å². The fraction of sp³-hybridized carbons (Fsp3) is 0.360. The van der Waals surface area contributed by atoms with Crippen molar-refractivity contribution in [1.29, 1.82) is 0 Å². The Morgan fingerprint density at radius 2 is 1.62 bits per heavy atom. The maximum absolute atomic E-state index is 12.9. The summed E-state index contributed by atoms with van der Waals surface area (Å²) in [5.41, 5.74) is -1.31. The molecule has 2 heterocycles. The predicted octanol–water partition coefficient (Wildman–Crippen LogP) is 2.99. The smallest absolute Gasteiger partial charge is 0.433 e. The number of rotatable bonds is 10. The van der Waals surface area contributed by atoms with Crippen molar-refractivity contribution in [3.63, 3.8) is 0 Å². The van der Waals surface area contributed by atoms with Crippen LogP contribution in [-0.4, -0.2) is 77.2 Å². The Bertz CT molecular complexity index is 1160. The zero-order valence-electron chi connectivity index (χ0n) is 19.9. The number of aromatic nitrogens is 1. The number of carboxylic acid groups (broad SMARTS) is 2. The first-order valence-corrected chi connectivity index (χ1v) is 11.6. The van der Waals surface area contributed by atoms with Gasteiger partial charge in [0.25, 0.3) is 5.91 Å². The first-order chi connectivity index (χ1) is 17.6. The van der Waals surface area contributed by atoms with E-state index in [9.17, 15) is 32.7 Å². The second-order valence-electron chi connectivity index (χ2n) is 8.42. The Labute approximate surface area is 211 Å². The second-order valence-corrected chi connectivity index (χ2v) is 8.42. The van der Waals surface area contributed by atoms with Crippen LogP contribution in [0.15, 0.2) is 48.5 Å². The second kappa shape index (κ2) is 12.3. The molecular weight excluding hydrogens is 493 g/mol. The molecule has 1 aromatic carbocycles. The molecule has 1 fully saturated rings. The molecule has 9 nitrogen and oxygen atoms in total. The van der Waals surface area contributed by atoms with Crippen molar-refractivity contribution in [1.82, 2.24) is 15.2 Å². The van der Waals surface area contributed by atoms with E-state index in [0.29, 0.717) is 51.0 Å². The number of halogens is 3. The summed E-state index contributed by atoms with van der Waals surface area (Å²) in [5, 5.41) is 21.0. The number of hydrogen-bond acceptors (Lipinski definition) is 6. The van der Waals surface area contributed by atoms with E-state index in [1.807, 2.05) is 4.90 Å². The molecule has 0 spiro atoms. The maximum Gasteiger partial charge on any atom is 0.433 e. The quantitative estimate of drug-likeness (QED) is 0.323. The highest BCUT2D eigenvalue weighted by Gasteiger charge is 2.33. The van der Waals surface area contributed by atoms with Crippen LogP contribution in [0.2, 0.25) is 0 Å². The van der Waals surface area contributed by atoms with Gasteiger partial charge >= 0.3 is 18.1 Å². The maximum atomic E-state index is 12.9. The Balaban J connectivity index is 1.44. The minimum Gasteiger partial charge on any atom is -0.478 e. The van der Waals surface area contributed by atoms with E-state index in [2.05, 4.69) is 15.2 Å². The number of piperazine rings is 1. The van der Waals surface area contributed by atoms with E-state index in [1.165, 1.54) is 24.3 Å². The number of pyridine rings is 1. The van der Waals surface area contributed by atoms with Crippen molar-refractivity contribution in [3.05, 3.63) is 65.4 Å². The third-order valence-electron chi connectivity index (χ3n) is 5.87. The Hall–Kier alpha value is -3.93.